The molecule has 116 valence electrons. The van der Waals surface area contributed by atoms with Gasteiger partial charge in [-0.15, -0.1) is 18.0 Å². The summed E-state index contributed by atoms with van der Waals surface area (Å²) in [5, 5.41) is 0. The van der Waals surface area contributed by atoms with Crippen molar-refractivity contribution in [1.29, 1.82) is 0 Å². The van der Waals surface area contributed by atoms with Crippen LogP contribution < -0.4 is 0 Å². The van der Waals surface area contributed by atoms with E-state index in [1.165, 1.54) is 6.08 Å². The fraction of sp³-hybridized carbons (Fsp3) is 0.533. The first kappa shape index (κ1) is 18.7. The van der Waals surface area contributed by atoms with Gasteiger partial charge in [-0.25, -0.2) is 4.39 Å². The van der Waals surface area contributed by atoms with Crippen molar-refractivity contribution in [2.45, 2.75) is 26.4 Å². The van der Waals surface area contributed by atoms with Crippen molar-refractivity contribution in [3.63, 3.8) is 0 Å². The van der Waals surface area contributed by atoms with Gasteiger partial charge < -0.3 is 4.74 Å². The summed E-state index contributed by atoms with van der Waals surface area (Å²) in [6, 6.07) is 0. The Morgan fingerprint density at radius 3 is 2.67 bits per heavy atom. The highest BCUT2D eigenvalue weighted by atomic mass is 79.9. The van der Waals surface area contributed by atoms with E-state index in [-0.39, 0.29) is 23.1 Å². The van der Waals surface area contributed by atoms with E-state index in [0.717, 1.165) is 3.39 Å². The predicted molar refractivity (Wildman–Crippen MR) is 89.9 cm³/mol. The molecule has 0 aliphatic heterocycles. The first-order valence-electron chi connectivity index (χ1n) is 6.36. The van der Waals surface area contributed by atoms with Gasteiger partial charge in [0.15, 0.2) is 0 Å². The van der Waals surface area contributed by atoms with Crippen LogP contribution >= 0.6 is 43.5 Å². The molecular formula is C15H16Br2ClFO2. The molecule has 1 aliphatic carbocycles. The second-order valence-electron chi connectivity index (χ2n) is 5.33. The zero-order chi connectivity index (χ0) is 16.2. The summed E-state index contributed by atoms with van der Waals surface area (Å²) in [4.78, 5) is 12.2. The highest BCUT2D eigenvalue weighted by Gasteiger charge is 2.61. The lowest BCUT2D eigenvalue weighted by molar-refractivity contribution is -0.148. The fourth-order valence-electron chi connectivity index (χ4n) is 2.23. The van der Waals surface area contributed by atoms with E-state index in [2.05, 4.69) is 37.8 Å². The molecule has 0 aromatic rings. The Morgan fingerprint density at radius 1 is 1.57 bits per heavy atom. The fourth-order valence-corrected chi connectivity index (χ4v) is 2.91. The number of hydrogen-bond donors (Lipinski definition) is 0. The van der Waals surface area contributed by atoms with Crippen molar-refractivity contribution in [2.75, 3.05) is 5.88 Å². The molecular weight excluding hydrogens is 426 g/mol. The maximum Gasteiger partial charge on any atom is 0.311 e. The van der Waals surface area contributed by atoms with Gasteiger partial charge in [0.2, 0.25) is 6.10 Å². The third-order valence-electron chi connectivity index (χ3n) is 3.55. The summed E-state index contributed by atoms with van der Waals surface area (Å²) < 4.78 is 19.6. The van der Waals surface area contributed by atoms with Gasteiger partial charge in [0.25, 0.3) is 0 Å². The number of carbonyl (C=O) groups excluding carboxylic acids is 1. The van der Waals surface area contributed by atoms with Crippen LogP contribution in [0.4, 0.5) is 4.39 Å². The monoisotopic (exact) mass is 440 g/mol. The van der Waals surface area contributed by atoms with Crippen molar-refractivity contribution < 1.29 is 13.9 Å². The second-order valence-corrected chi connectivity index (χ2v) is 8.48. The van der Waals surface area contributed by atoms with Gasteiger partial charge in [-0.2, -0.15) is 0 Å². The molecule has 6 heteroatoms. The Hall–Kier alpha value is -0.310. The third-order valence-corrected chi connectivity index (χ3v) is 4.30. The van der Waals surface area contributed by atoms with E-state index in [4.69, 9.17) is 22.8 Å². The number of halogens is 4. The highest BCUT2D eigenvalue weighted by molar-refractivity contribution is 9.28. The van der Waals surface area contributed by atoms with Gasteiger partial charge in [-0.3, -0.25) is 4.79 Å². The topological polar surface area (TPSA) is 26.3 Å². The van der Waals surface area contributed by atoms with Crippen molar-refractivity contribution >= 4 is 49.4 Å². The lowest BCUT2D eigenvalue weighted by atomic mass is 10.1. The number of ether oxygens (including phenoxy) is 1. The molecule has 0 saturated heterocycles. The van der Waals surface area contributed by atoms with E-state index < -0.39 is 17.9 Å². The van der Waals surface area contributed by atoms with E-state index in [9.17, 15) is 9.18 Å². The Labute approximate surface area is 146 Å². The molecule has 0 aromatic heterocycles. The molecule has 0 spiro atoms. The smallest absolute Gasteiger partial charge is 0.311 e. The summed E-state index contributed by atoms with van der Waals surface area (Å²) in [5.74, 6) is 0.968. The maximum absolute atomic E-state index is 13.8. The molecule has 21 heavy (non-hydrogen) atoms. The molecule has 0 aromatic carbocycles. The number of terminal acetylenes is 1. The molecule has 1 aliphatic rings. The molecule has 3 atom stereocenters. The zero-order valence-corrected chi connectivity index (χ0v) is 15.6. The number of alkyl halides is 1. The first-order valence-corrected chi connectivity index (χ1v) is 8.48. The standard InChI is InChI=1S/C15H16Br2ClFO2/c1-4-11(10(19)6-5-7-18)21-14(20)13-9(8-12(16)17)15(13,2)3/h1,6,8-9,11,13H,5,7H2,2-3H3/b10-6-. The van der Waals surface area contributed by atoms with Gasteiger partial charge >= 0.3 is 5.97 Å². The number of allylic oxidation sites excluding steroid dienone is 2. The molecule has 1 saturated carbocycles. The molecule has 0 N–H and O–H groups in total. The molecule has 1 rings (SSSR count). The average Bonchev–Trinajstić information content (AvgIpc) is 2.93. The molecule has 0 bridgehead atoms. The van der Waals surface area contributed by atoms with Gasteiger partial charge in [0, 0.05) is 5.88 Å². The number of rotatable bonds is 6. The predicted octanol–water partition coefficient (Wildman–Crippen LogP) is 4.92. The summed E-state index contributed by atoms with van der Waals surface area (Å²) in [7, 11) is 0. The first-order chi connectivity index (χ1) is 9.75. The largest absolute Gasteiger partial charge is 0.441 e. The molecule has 1 fully saturated rings. The van der Waals surface area contributed by atoms with Crippen molar-refractivity contribution in [1.82, 2.24) is 0 Å². The van der Waals surface area contributed by atoms with Crippen LogP contribution in [0, 0.1) is 29.6 Å². The van der Waals surface area contributed by atoms with Crippen LogP contribution in [0.3, 0.4) is 0 Å². The second kappa shape index (κ2) is 7.80. The summed E-state index contributed by atoms with van der Waals surface area (Å²) in [5.41, 5.74) is -0.237. The minimum Gasteiger partial charge on any atom is -0.441 e. The van der Waals surface area contributed by atoms with Gasteiger partial charge in [0.1, 0.15) is 5.83 Å². The Bertz CT molecular complexity index is 504. The Balaban J connectivity index is 2.73. The number of hydrogen-bond acceptors (Lipinski definition) is 2. The molecule has 3 unspecified atom stereocenters. The normalized spacial score (nSPS) is 24.7. The van der Waals surface area contributed by atoms with E-state index in [1.54, 1.807) is 0 Å². The summed E-state index contributed by atoms with van der Waals surface area (Å²) >= 11 is 12.0. The van der Waals surface area contributed by atoms with Gasteiger partial charge in [-0.1, -0.05) is 25.8 Å². The Kier molecular flexibility index (Phi) is 6.96. The van der Waals surface area contributed by atoms with E-state index >= 15 is 0 Å². The van der Waals surface area contributed by atoms with E-state index in [0.29, 0.717) is 6.42 Å². The Morgan fingerprint density at radius 2 is 2.19 bits per heavy atom. The lowest BCUT2D eigenvalue weighted by Crippen LogP contribution is -2.20. The van der Waals surface area contributed by atoms with Crippen LogP contribution in [0.15, 0.2) is 21.4 Å². The lowest BCUT2D eigenvalue weighted by Gasteiger charge is -2.11. The van der Waals surface area contributed by atoms with E-state index in [1.807, 2.05) is 19.9 Å². The summed E-state index contributed by atoms with van der Waals surface area (Å²) in [6.07, 6.45) is 7.41. The summed E-state index contributed by atoms with van der Waals surface area (Å²) in [6.45, 7) is 3.90. The van der Waals surface area contributed by atoms with Gasteiger partial charge in [0.05, 0.1) is 9.31 Å². The number of esters is 1. The number of carbonyl (C=O) groups is 1. The van der Waals surface area contributed by atoms with Crippen LogP contribution in [0.5, 0.6) is 0 Å². The molecule has 0 amide bonds. The van der Waals surface area contributed by atoms with Crippen LogP contribution in [0.1, 0.15) is 20.3 Å². The quantitative estimate of drug-likeness (QED) is 0.332. The maximum atomic E-state index is 13.8. The minimum absolute atomic E-state index is 0.0204. The molecule has 0 radical (unpaired) electrons. The van der Waals surface area contributed by atoms with Crippen LogP contribution in [0.25, 0.3) is 0 Å². The van der Waals surface area contributed by atoms with Gasteiger partial charge in [-0.05, 0) is 55.7 Å². The molecule has 0 heterocycles. The van der Waals surface area contributed by atoms with Crippen LogP contribution in [-0.4, -0.2) is 18.0 Å². The highest BCUT2D eigenvalue weighted by Crippen LogP contribution is 2.60. The SMILES string of the molecule is C#CC(OC(=O)C1C(C=C(Br)Br)C1(C)C)/C(F)=C/CCCl. The van der Waals surface area contributed by atoms with Crippen molar-refractivity contribution in [3.8, 4) is 12.3 Å². The van der Waals surface area contributed by atoms with Crippen molar-refractivity contribution in [3.05, 3.63) is 21.4 Å². The minimum atomic E-state index is -1.28. The van der Waals surface area contributed by atoms with Crippen molar-refractivity contribution in [2.24, 2.45) is 17.3 Å². The average molecular weight is 443 g/mol. The zero-order valence-electron chi connectivity index (χ0n) is 11.7. The molecule has 2 nitrogen and oxygen atoms in total. The van der Waals surface area contributed by atoms with Crippen LogP contribution in [0.2, 0.25) is 0 Å². The third kappa shape index (κ3) is 4.84. The van der Waals surface area contributed by atoms with Crippen LogP contribution in [-0.2, 0) is 9.53 Å².